The summed E-state index contributed by atoms with van der Waals surface area (Å²) in [4.78, 5) is 24.3. The number of allylic oxidation sites excluding steroid dienone is 3. The predicted octanol–water partition coefficient (Wildman–Crippen LogP) is 12.0. The van der Waals surface area contributed by atoms with Crippen LogP contribution >= 0.6 is 0 Å². The highest BCUT2D eigenvalue weighted by Gasteiger charge is 2.18. The van der Waals surface area contributed by atoms with E-state index < -0.39 is 12.1 Å². The maximum Gasteiger partial charge on any atom is 0.305 e. The van der Waals surface area contributed by atoms with E-state index in [1.807, 2.05) is 6.08 Å². The SMILES string of the molecule is CCCCCCCCC/C=C/C(O)C(CO)NC(=O)CCCCCCC/C=C\CCCCOC(=O)CCCCCCCCCCCCCCC. The third kappa shape index (κ3) is 36.1. The third-order valence-corrected chi connectivity index (χ3v) is 9.72. The number of rotatable bonds is 39. The molecule has 0 rings (SSSR count). The number of hydrogen-bond donors (Lipinski definition) is 3. The summed E-state index contributed by atoms with van der Waals surface area (Å²) in [5.41, 5.74) is 0. The van der Waals surface area contributed by atoms with Gasteiger partial charge in [-0.3, -0.25) is 9.59 Å². The molecular weight excluding hydrogens is 622 g/mol. The number of aliphatic hydroxyl groups is 2. The molecule has 6 nitrogen and oxygen atoms in total. The smallest absolute Gasteiger partial charge is 0.305 e. The Bertz CT molecular complexity index is 782. The van der Waals surface area contributed by atoms with Crippen molar-refractivity contribution in [1.82, 2.24) is 5.32 Å². The summed E-state index contributed by atoms with van der Waals surface area (Å²) in [5, 5.41) is 22.8. The standard InChI is InChI=1S/C44H83NO5/c1-3-5-7-9-11-13-14-15-18-22-26-30-34-38-44(49)50-39-35-31-27-23-19-16-17-21-25-29-33-37-43(48)45-41(40-46)42(47)36-32-28-24-20-12-10-8-6-4-2/h19,23,32,36,41-42,46-47H,3-18,20-22,24-31,33-35,37-40H2,1-2H3,(H,45,48)/b23-19-,36-32+. The lowest BCUT2D eigenvalue weighted by Gasteiger charge is -2.20. The Labute approximate surface area is 310 Å². The molecule has 2 atom stereocenters. The molecule has 0 aromatic carbocycles. The van der Waals surface area contributed by atoms with E-state index in [0.717, 1.165) is 83.5 Å². The normalized spacial score (nSPS) is 13.0. The Hall–Kier alpha value is -1.66. The van der Waals surface area contributed by atoms with Gasteiger partial charge in [-0.15, -0.1) is 0 Å². The summed E-state index contributed by atoms with van der Waals surface area (Å²) in [6.07, 6.45) is 44.5. The molecule has 0 aromatic heterocycles. The van der Waals surface area contributed by atoms with Gasteiger partial charge in [-0.25, -0.2) is 0 Å². The van der Waals surface area contributed by atoms with Crippen molar-refractivity contribution in [3.8, 4) is 0 Å². The number of amides is 1. The molecule has 1 amide bonds. The molecule has 0 aliphatic carbocycles. The van der Waals surface area contributed by atoms with Crippen molar-refractivity contribution >= 4 is 11.9 Å². The van der Waals surface area contributed by atoms with Crippen molar-refractivity contribution in [2.24, 2.45) is 0 Å². The zero-order chi connectivity index (χ0) is 36.6. The molecule has 0 saturated heterocycles. The Morgan fingerprint density at radius 2 is 0.940 bits per heavy atom. The Morgan fingerprint density at radius 1 is 0.540 bits per heavy atom. The number of esters is 1. The number of ether oxygens (including phenoxy) is 1. The Kier molecular flexibility index (Phi) is 38.8. The van der Waals surface area contributed by atoms with Crippen LogP contribution in [0.1, 0.15) is 219 Å². The van der Waals surface area contributed by atoms with Crippen LogP contribution in [0.25, 0.3) is 0 Å². The average molecular weight is 706 g/mol. The lowest BCUT2D eigenvalue weighted by Crippen LogP contribution is -2.45. The minimum absolute atomic E-state index is 0.0330. The van der Waals surface area contributed by atoms with Gasteiger partial charge in [0.15, 0.2) is 0 Å². The second-order valence-electron chi connectivity index (χ2n) is 14.7. The number of carbonyl (C=O) groups excluding carboxylic acids is 2. The summed E-state index contributed by atoms with van der Waals surface area (Å²) in [6.45, 7) is 4.78. The van der Waals surface area contributed by atoms with Gasteiger partial charge >= 0.3 is 5.97 Å². The molecule has 0 aliphatic rings. The summed E-state index contributed by atoms with van der Waals surface area (Å²) < 4.78 is 5.41. The quantitative estimate of drug-likeness (QED) is 0.0336. The summed E-state index contributed by atoms with van der Waals surface area (Å²) in [6, 6.07) is -0.645. The monoisotopic (exact) mass is 706 g/mol. The largest absolute Gasteiger partial charge is 0.466 e. The van der Waals surface area contributed by atoms with Gasteiger partial charge in [0.25, 0.3) is 0 Å². The zero-order valence-electron chi connectivity index (χ0n) is 33.1. The molecule has 0 radical (unpaired) electrons. The van der Waals surface area contributed by atoms with Gasteiger partial charge in [-0.1, -0.05) is 173 Å². The van der Waals surface area contributed by atoms with Crippen LogP contribution in [-0.4, -0.2) is 47.4 Å². The number of aliphatic hydroxyl groups excluding tert-OH is 2. The minimum atomic E-state index is -0.859. The molecule has 6 heteroatoms. The van der Waals surface area contributed by atoms with Crippen LogP contribution in [0.2, 0.25) is 0 Å². The van der Waals surface area contributed by atoms with Crippen molar-refractivity contribution in [2.75, 3.05) is 13.2 Å². The first-order valence-electron chi connectivity index (χ1n) is 21.6. The Balaban J connectivity index is 3.54. The van der Waals surface area contributed by atoms with E-state index in [-0.39, 0.29) is 18.5 Å². The maximum atomic E-state index is 12.3. The molecule has 3 N–H and O–H groups in total. The van der Waals surface area contributed by atoms with Crippen molar-refractivity contribution in [2.45, 2.75) is 231 Å². The van der Waals surface area contributed by atoms with E-state index in [1.165, 1.54) is 109 Å². The molecule has 0 saturated carbocycles. The number of nitrogens with one attached hydrogen (secondary N) is 1. The van der Waals surface area contributed by atoms with Gasteiger partial charge in [0, 0.05) is 12.8 Å². The fraction of sp³-hybridized carbons (Fsp3) is 0.864. The summed E-state index contributed by atoms with van der Waals surface area (Å²) >= 11 is 0. The van der Waals surface area contributed by atoms with Crippen LogP contribution in [-0.2, 0) is 14.3 Å². The van der Waals surface area contributed by atoms with E-state index >= 15 is 0 Å². The zero-order valence-corrected chi connectivity index (χ0v) is 33.1. The lowest BCUT2D eigenvalue weighted by atomic mass is 10.0. The van der Waals surface area contributed by atoms with E-state index in [4.69, 9.17) is 4.74 Å². The molecule has 0 fully saturated rings. The van der Waals surface area contributed by atoms with Gasteiger partial charge in [0.1, 0.15) is 0 Å². The molecular formula is C44H83NO5. The van der Waals surface area contributed by atoms with Gasteiger partial charge in [-0.2, -0.15) is 0 Å². The van der Waals surface area contributed by atoms with Crippen LogP contribution < -0.4 is 5.32 Å². The number of carbonyl (C=O) groups is 2. The van der Waals surface area contributed by atoms with Gasteiger partial charge in [-0.05, 0) is 57.8 Å². The van der Waals surface area contributed by atoms with Crippen LogP contribution in [0, 0.1) is 0 Å². The highest BCUT2D eigenvalue weighted by Crippen LogP contribution is 2.14. The van der Waals surface area contributed by atoms with E-state index in [0.29, 0.717) is 19.4 Å². The van der Waals surface area contributed by atoms with Crippen LogP contribution in [0.5, 0.6) is 0 Å². The van der Waals surface area contributed by atoms with Gasteiger partial charge < -0.3 is 20.3 Å². The van der Waals surface area contributed by atoms with Gasteiger partial charge in [0.2, 0.25) is 5.91 Å². The van der Waals surface area contributed by atoms with E-state index in [1.54, 1.807) is 6.08 Å². The molecule has 0 spiro atoms. The first kappa shape index (κ1) is 48.3. The average Bonchev–Trinajstić information content (AvgIpc) is 3.11. The second kappa shape index (κ2) is 40.1. The first-order valence-corrected chi connectivity index (χ1v) is 21.6. The van der Waals surface area contributed by atoms with E-state index in [9.17, 15) is 19.8 Å². The third-order valence-electron chi connectivity index (χ3n) is 9.72. The summed E-state index contributed by atoms with van der Waals surface area (Å²) in [5.74, 6) is -0.134. The Morgan fingerprint density at radius 3 is 1.42 bits per heavy atom. The molecule has 0 heterocycles. The maximum absolute atomic E-state index is 12.3. The van der Waals surface area contributed by atoms with Crippen molar-refractivity contribution < 1.29 is 24.5 Å². The van der Waals surface area contributed by atoms with Crippen LogP contribution in [0.15, 0.2) is 24.3 Å². The molecule has 0 aromatic rings. The fourth-order valence-electron chi connectivity index (χ4n) is 6.33. The highest BCUT2D eigenvalue weighted by atomic mass is 16.5. The van der Waals surface area contributed by atoms with Crippen molar-refractivity contribution in [1.29, 1.82) is 0 Å². The molecule has 50 heavy (non-hydrogen) atoms. The number of unbranched alkanes of at least 4 members (excludes halogenated alkanes) is 26. The number of hydrogen-bond acceptors (Lipinski definition) is 5. The molecule has 0 aliphatic heterocycles. The molecule has 294 valence electrons. The van der Waals surface area contributed by atoms with Crippen LogP contribution in [0.3, 0.4) is 0 Å². The second-order valence-corrected chi connectivity index (χ2v) is 14.7. The van der Waals surface area contributed by atoms with E-state index in [2.05, 4.69) is 31.3 Å². The minimum Gasteiger partial charge on any atom is -0.466 e. The van der Waals surface area contributed by atoms with Crippen LogP contribution in [0.4, 0.5) is 0 Å². The highest BCUT2D eigenvalue weighted by molar-refractivity contribution is 5.76. The van der Waals surface area contributed by atoms with Crippen molar-refractivity contribution in [3.05, 3.63) is 24.3 Å². The fourth-order valence-corrected chi connectivity index (χ4v) is 6.33. The topological polar surface area (TPSA) is 95.9 Å². The molecule has 2 unspecified atom stereocenters. The molecule has 0 bridgehead atoms. The lowest BCUT2D eigenvalue weighted by molar-refractivity contribution is -0.143. The summed E-state index contributed by atoms with van der Waals surface area (Å²) in [7, 11) is 0. The first-order chi connectivity index (χ1) is 24.5. The van der Waals surface area contributed by atoms with Crippen molar-refractivity contribution in [3.63, 3.8) is 0 Å². The predicted molar refractivity (Wildman–Crippen MR) is 213 cm³/mol. The van der Waals surface area contributed by atoms with Gasteiger partial charge in [0.05, 0.1) is 25.4 Å².